The van der Waals surface area contributed by atoms with Gasteiger partial charge in [0.15, 0.2) is 0 Å². The molecule has 0 fully saturated rings. The average molecular weight is 282 g/mol. The van der Waals surface area contributed by atoms with Crippen LogP contribution in [0.3, 0.4) is 0 Å². The van der Waals surface area contributed by atoms with Gasteiger partial charge in [0.2, 0.25) is 0 Å². The van der Waals surface area contributed by atoms with E-state index in [1.54, 1.807) is 19.1 Å². The number of carbonyl (C=O) groups excluding carboxylic acids is 1. The molecule has 1 aliphatic rings. The van der Waals surface area contributed by atoms with E-state index >= 15 is 0 Å². The van der Waals surface area contributed by atoms with Crippen LogP contribution in [0.1, 0.15) is 15.9 Å². The van der Waals surface area contributed by atoms with Gasteiger partial charge in [0.25, 0.3) is 5.91 Å². The van der Waals surface area contributed by atoms with E-state index in [4.69, 9.17) is 4.74 Å². The summed E-state index contributed by atoms with van der Waals surface area (Å²) in [6.45, 7) is 0.943. The van der Waals surface area contributed by atoms with E-state index < -0.39 is 0 Å². The maximum absolute atomic E-state index is 12.6. The van der Waals surface area contributed by atoms with Crippen LogP contribution in [-0.2, 0) is 6.42 Å². The van der Waals surface area contributed by atoms with Crippen LogP contribution in [0.2, 0.25) is 0 Å². The molecular formula is C17H18N2O2. The molecule has 4 nitrogen and oxygen atoms in total. The molecule has 108 valence electrons. The Morgan fingerprint density at radius 3 is 2.90 bits per heavy atom. The monoisotopic (exact) mass is 282 g/mol. The summed E-state index contributed by atoms with van der Waals surface area (Å²) in [5.41, 5.74) is 3.84. The van der Waals surface area contributed by atoms with E-state index in [0.717, 1.165) is 30.1 Å². The number of anilines is 2. The van der Waals surface area contributed by atoms with Crippen LogP contribution in [0.25, 0.3) is 0 Å². The maximum Gasteiger partial charge on any atom is 0.258 e. The molecule has 0 saturated carbocycles. The van der Waals surface area contributed by atoms with Gasteiger partial charge in [-0.05, 0) is 36.2 Å². The van der Waals surface area contributed by atoms with Gasteiger partial charge in [0, 0.05) is 36.6 Å². The first-order chi connectivity index (χ1) is 10.2. The number of rotatable bonds is 3. The second kappa shape index (κ2) is 5.48. The van der Waals surface area contributed by atoms with Crippen molar-refractivity contribution in [2.24, 2.45) is 0 Å². The Morgan fingerprint density at radius 1 is 1.24 bits per heavy atom. The van der Waals surface area contributed by atoms with E-state index in [1.807, 2.05) is 42.5 Å². The van der Waals surface area contributed by atoms with E-state index in [-0.39, 0.29) is 5.91 Å². The molecule has 1 amide bonds. The highest BCUT2D eigenvalue weighted by molar-refractivity contribution is 6.06. The molecule has 0 bridgehead atoms. The number of fused-ring (bicyclic) bond motifs is 1. The summed E-state index contributed by atoms with van der Waals surface area (Å²) < 4.78 is 5.20. The van der Waals surface area contributed by atoms with Crippen molar-refractivity contribution in [2.45, 2.75) is 6.42 Å². The van der Waals surface area contributed by atoms with Crippen LogP contribution in [0.15, 0.2) is 42.5 Å². The minimum absolute atomic E-state index is 0.0280. The Morgan fingerprint density at radius 2 is 2.10 bits per heavy atom. The van der Waals surface area contributed by atoms with Gasteiger partial charge in [-0.2, -0.15) is 0 Å². The highest BCUT2D eigenvalue weighted by Crippen LogP contribution is 2.26. The summed E-state index contributed by atoms with van der Waals surface area (Å²) in [6, 6.07) is 13.3. The number of amides is 1. The first-order valence-electron chi connectivity index (χ1n) is 6.98. The minimum Gasteiger partial charge on any atom is -0.497 e. The van der Waals surface area contributed by atoms with Crippen LogP contribution in [0.4, 0.5) is 11.4 Å². The number of hydrogen-bond acceptors (Lipinski definition) is 3. The number of ether oxygens (including phenoxy) is 1. The van der Waals surface area contributed by atoms with Crippen LogP contribution in [0, 0.1) is 0 Å². The van der Waals surface area contributed by atoms with Crippen molar-refractivity contribution in [3.8, 4) is 5.75 Å². The Labute approximate surface area is 124 Å². The van der Waals surface area contributed by atoms with E-state index in [2.05, 4.69) is 5.32 Å². The van der Waals surface area contributed by atoms with Crippen LogP contribution in [-0.4, -0.2) is 26.6 Å². The normalized spacial score (nSPS) is 12.5. The molecule has 0 saturated heterocycles. The van der Waals surface area contributed by atoms with Gasteiger partial charge >= 0.3 is 0 Å². The second-order valence-corrected chi connectivity index (χ2v) is 5.11. The molecule has 0 unspecified atom stereocenters. The lowest BCUT2D eigenvalue weighted by Gasteiger charge is -2.18. The van der Waals surface area contributed by atoms with Crippen molar-refractivity contribution in [1.82, 2.24) is 0 Å². The Kier molecular flexibility index (Phi) is 3.52. The third kappa shape index (κ3) is 2.57. The Bertz CT molecular complexity index is 682. The zero-order chi connectivity index (χ0) is 14.8. The third-order valence-electron chi connectivity index (χ3n) is 3.81. The number of nitrogens with zero attached hydrogens (tertiary/aromatic N) is 1. The quantitative estimate of drug-likeness (QED) is 0.941. The van der Waals surface area contributed by atoms with Crippen molar-refractivity contribution in [1.29, 1.82) is 0 Å². The summed E-state index contributed by atoms with van der Waals surface area (Å²) in [6.07, 6.45) is 1.02. The predicted octanol–water partition coefficient (Wildman–Crippen LogP) is 2.94. The van der Waals surface area contributed by atoms with Crippen LogP contribution in [0.5, 0.6) is 5.75 Å². The molecule has 21 heavy (non-hydrogen) atoms. The zero-order valence-corrected chi connectivity index (χ0v) is 12.2. The number of methoxy groups -OCH3 is 1. The van der Waals surface area contributed by atoms with Gasteiger partial charge in [0.1, 0.15) is 5.75 Å². The van der Waals surface area contributed by atoms with Gasteiger partial charge in [0.05, 0.1) is 7.11 Å². The molecular weight excluding hydrogens is 264 g/mol. The lowest BCUT2D eigenvalue weighted by molar-refractivity contribution is 0.0993. The van der Waals surface area contributed by atoms with Crippen LogP contribution < -0.4 is 15.0 Å². The van der Waals surface area contributed by atoms with Crippen molar-refractivity contribution < 1.29 is 9.53 Å². The Balaban J connectivity index is 1.87. The summed E-state index contributed by atoms with van der Waals surface area (Å²) in [5.74, 6) is 0.711. The molecule has 0 radical (unpaired) electrons. The van der Waals surface area contributed by atoms with Gasteiger partial charge in [-0.1, -0.05) is 12.1 Å². The molecule has 1 aliphatic heterocycles. The zero-order valence-electron chi connectivity index (χ0n) is 12.2. The molecule has 0 atom stereocenters. The Hall–Kier alpha value is -2.49. The van der Waals surface area contributed by atoms with Gasteiger partial charge in [-0.25, -0.2) is 0 Å². The molecule has 0 spiro atoms. The van der Waals surface area contributed by atoms with Crippen molar-refractivity contribution in [3.05, 3.63) is 53.6 Å². The fourth-order valence-electron chi connectivity index (χ4n) is 2.55. The molecule has 1 heterocycles. The highest BCUT2D eigenvalue weighted by Gasteiger charge is 2.17. The summed E-state index contributed by atoms with van der Waals surface area (Å²) >= 11 is 0. The molecule has 2 aromatic rings. The molecule has 1 N–H and O–H groups in total. The maximum atomic E-state index is 12.6. The largest absolute Gasteiger partial charge is 0.497 e. The van der Waals surface area contributed by atoms with Gasteiger partial charge < -0.3 is 15.0 Å². The predicted molar refractivity (Wildman–Crippen MR) is 84.4 cm³/mol. The van der Waals surface area contributed by atoms with Gasteiger partial charge in [-0.3, -0.25) is 4.79 Å². The summed E-state index contributed by atoms with van der Waals surface area (Å²) in [4.78, 5) is 14.2. The lowest BCUT2D eigenvalue weighted by Crippen LogP contribution is -2.26. The summed E-state index contributed by atoms with van der Waals surface area (Å²) in [5, 5.41) is 3.30. The first-order valence-corrected chi connectivity index (χ1v) is 6.98. The number of benzene rings is 2. The number of hydrogen-bond donors (Lipinski definition) is 1. The molecule has 0 aliphatic carbocycles. The fourth-order valence-corrected chi connectivity index (χ4v) is 2.55. The molecule has 3 rings (SSSR count). The SMILES string of the molecule is COc1cccc(N(C)C(=O)c2ccc3c(c2)NCC3)c1. The highest BCUT2D eigenvalue weighted by atomic mass is 16.5. The van der Waals surface area contributed by atoms with Crippen molar-refractivity contribution in [3.63, 3.8) is 0 Å². The standard InChI is InChI=1S/C17H18N2O2/c1-19(14-4-3-5-15(11-14)21-2)17(20)13-7-6-12-8-9-18-16(12)10-13/h3-7,10-11,18H,8-9H2,1-2H3. The van der Waals surface area contributed by atoms with Crippen molar-refractivity contribution in [2.75, 3.05) is 30.9 Å². The smallest absolute Gasteiger partial charge is 0.258 e. The average Bonchev–Trinajstić information content (AvgIpc) is 3.01. The van der Waals surface area contributed by atoms with Gasteiger partial charge in [-0.15, -0.1) is 0 Å². The lowest BCUT2D eigenvalue weighted by atomic mass is 10.1. The number of nitrogens with one attached hydrogen (secondary N) is 1. The number of carbonyl (C=O) groups is 1. The molecule has 0 aromatic heterocycles. The van der Waals surface area contributed by atoms with Crippen LogP contribution >= 0.6 is 0 Å². The summed E-state index contributed by atoms with van der Waals surface area (Å²) in [7, 11) is 3.39. The molecule has 2 aromatic carbocycles. The second-order valence-electron chi connectivity index (χ2n) is 5.11. The fraction of sp³-hybridized carbons (Fsp3) is 0.235. The topological polar surface area (TPSA) is 41.6 Å². The van der Waals surface area contributed by atoms with E-state index in [9.17, 15) is 4.79 Å². The van der Waals surface area contributed by atoms with Crippen molar-refractivity contribution >= 4 is 17.3 Å². The first kappa shape index (κ1) is 13.5. The van der Waals surface area contributed by atoms with E-state index in [1.165, 1.54) is 5.56 Å². The minimum atomic E-state index is -0.0280. The van der Waals surface area contributed by atoms with E-state index in [0.29, 0.717) is 5.56 Å². The third-order valence-corrected chi connectivity index (χ3v) is 3.81. The molecule has 4 heteroatoms.